The third-order valence-corrected chi connectivity index (χ3v) is 4.01. The molecule has 3 aromatic carbocycles. The predicted octanol–water partition coefficient (Wildman–Crippen LogP) is 5.14. The first-order chi connectivity index (χ1) is 14.2. The van der Waals surface area contributed by atoms with E-state index in [1.807, 2.05) is 54.6 Å². The summed E-state index contributed by atoms with van der Waals surface area (Å²) in [5.74, 6) is 1.37. The van der Waals surface area contributed by atoms with Gasteiger partial charge in [-0.05, 0) is 53.6 Å². The van der Waals surface area contributed by atoms with E-state index in [2.05, 4.69) is 0 Å². The van der Waals surface area contributed by atoms with Gasteiger partial charge in [-0.15, -0.1) is 0 Å². The van der Waals surface area contributed by atoms with Crippen molar-refractivity contribution in [2.75, 3.05) is 7.11 Å². The maximum Gasteiger partial charge on any atom is 0.349 e. The molecular weight excluding hydrogens is 366 g/mol. The van der Waals surface area contributed by atoms with Crippen LogP contribution in [-0.4, -0.2) is 13.1 Å². The molecule has 0 unspecified atom stereocenters. The van der Waals surface area contributed by atoms with Crippen LogP contribution in [0.1, 0.15) is 11.1 Å². The topological polar surface area (TPSA) is 68.5 Å². The minimum absolute atomic E-state index is 0.0342. The van der Waals surface area contributed by atoms with Gasteiger partial charge in [0.1, 0.15) is 35.5 Å². The number of ether oxygens (including phenoxy) is 3. The quantitative estimate of drug-likeness (QED) is 0.320. The molecule has 0 aliphatic rings. The second-order valence-electron chi connectivity index (χ2n) is 6.08. The van der Waals surface area contributed by atoms with Crippen LogP contribution in [0.4, 0.5) is 0 Å². The van der Waals surface area contributed by atoms with Gasteiger partial charge in [-0.2, -0.15) is 5.26 Å². The highest BCUT2D eigenvalue weighted by Gasteiger charge is 2.11. The number of carbonyl (C=O) groups is 1. The van der Waals surface area contributed by atoms with Gasteiger partial charge >= 0.3 is 5.97 Å². The molecule has 5 nitrogen and oxygen atoms in total. The van der Waals surface area contributed by atoms with Crippen LogP contribution < -0.4 is 9.47 Å². The molecule has 0 bridgehead atoms. The van der Waals surface area contributed by atoms with Gasteiger partial charge in [-0.25, -0.2) is 4.79 Å². The van der Waals surface area contributed by atoms with Crippen LogP contribution in [-0.2, 0) is 16.1 Å². The number of nitrogens with zero attached hydrogens (tertiary/aromatic N) is 1. The Kier molecular flexibility index (Phi) is 6.64. The molecule has 0 atom stereocenters. The molecule has 0 saturated carbocycles. The van der Waals surface area contributed by atoms with Gasteiger partial charge < -0.3 is 14.2 Å². The number of benzene rings is 3. The number of nitriles is 1. The number of methoxy groups -OCH3 is 1. The lowest BCUT2D eigenvalue weighted by Crippen LogP contribution is -2.07. The summed E-state index contributed by atoms with van der Waals surface area (Å²) in [5.41, 5.74) is 1.39. The van der Waals surface area contributed by atoms with Crippen LogP contribution in [0.25, 0.3) is 6.08 Å². The first-order valence-corrected chi connectivity index (χ1v) is 8.93. The zero-order valence-corrected chi connectivity index (χ0v) is 15.9. The van der Waals surface area contributed by atoms with Crippen molar-refractivity contribution >= 4 is 12.0 Å². The van der Waals surface area contributed by atoms with Gasteiger partial charge in [-0.1, -0.05) is 42.5 Å². The average Bonchev–Trinajstić information content (AvgIpc) is 2.77. The second-order valence-corrected chi connectivity index (χ2v) is 6.08. The summed E-state index contributed by atoms with van der Waals surface area (Å²) in [7, 11) is 1.57. The summed E-state index contributed by atoms with van der Waals surface area (Å²) in [6.45, 7) is 0.0342. The zero-order valence-electron chi connectivity index (χ0n) is 15.9. The van der Waals surface area contributed by atoms with E-state index in [1.165, 1.54) is 6.08 Å². The van der Waals surface area contributed by atoms with Gasteiger partial charge in [0, 0.05) is 0 Å². The summed E-state index contributed by atoms with van der Waals surface area (Å²) in [5, 5.41) is 9.30. The first kappa shape index (κ1) is 19.7. The van der Waals surface area contributed by atoms with E-state index in [-0.39, 0.29) is 12.2 Å². The SMILES string of the molecule is COc1ccc(C=C(C#N)C(=O)OCc2cccc(Oc3ccccc3)c2)cc1. The molecule has 0 N–H and O–H groups in total. The lowest BCUT2D eigenvalue weighted by molar-refractivity contribution is -0.139. The number of hydrogen-bond acceptors (Lipinski definition) is 5. The van der Waals surface area contributed by atoms with E-state index in [0.717, 1.165) is 11.3 Å². The van der Waals surface area contributed by atoms with Gasteiger partial charge in [0.2, 0.25) is 0 Å². The third-order valence-electron chi connectivity index (χ3n) is 4.01. The Bertz CT molecular complexity index is 1030. The van der Waals surface area contributed by atoms with Crippen molar-refractivity contribution < 1.29 is 19.0 Å². The summed E-state index contributed by atoms with van der Waals surface area (Å²) >= 11 is 0. The van der Waals surface area contributed by atoms with Gasteiger partial charge in [-0.3, -0.25) is 0 Å². The van der Waals surface area contributed by atoms with E-state index in [9.17, 15) is 10.1 Å². The normalized spacial score (nSPS) is 10.7. The molecule has 0 aliphatic carbocycles. The first-order valence-electron chi connectivity index (χ1n) is 8.93. The molecule has 3 rings (SSSR count). The number of rotatable bonds is 7. The maximum atomic E-state index is 12.3. The molecule has 144 valence electrons. The summed E-state index contributed by atoms with van der Waals surface area (Å²) < 4.78 is 16.2. The highest BCUT2D eigenvalue weighted by atomic mass is 16.5. The van der Waals surface area contributed by atoms with Gasteiger partial charge in [0.25, 0.3) is 0 Å². The lowest BCUT2D eigenvalue weighted by Gasteiger charge is -2.08. The molecular formula is C24H19NO4. The number of hydrogen-bond donors (Lipinski definition) is 0. The Morgan fingerprint density at radius 1 is 0.931 bits per heavy atom. The lowest BCUT2D eigenvalue weighted by atomic mass is 10.1. The number of esters is 1. The molecule has 3 aromatic rings. The molecule has 0 spiro atoms. The fraction of sp³-hybridized carbons (Fsp3) is 0.0833. The third kappa shape index (κ3) is 5.72. The van der Waals surface area contributed by atoms with Gasteiger partial charge in [0.05, 0.1) is 7.11 Å². The van der Waals surface area contributed by atoms with Crippen molar-refractivity contribution in [2.45, 2.75) is 6.61 Å². The summed E-state index contributed by atoms with van der Waals surface area (Å²) in [6.07, 6.45) is 1.48. The monoisotopic (exact) mass is 385 g/mol. The molecule has 0 aliphatic heterocycles. The second kappa shape index (κ2) is 9.77. The van der Waals surface area contributed by atoms with Crippen LogP contribution in [0.5, 0.6) is 17.2 Å². The summed E-state index contributed by atoms with van der Waals surface area (Å²) in [6, 6.07) is 25.6. The van der Waals surface area contributed by atoms with Crippen molar-refractivity contribution in [1.82, 2.24) is 0 Å². The summed E-state index contributed by atoms with van der Waals surface area (Å²) in [4.78, 5) is 12.3. The number of para-hydroxylation sites is 1. The minimum Gasteiger partial charge on any atom is -0.497 e. The predicted molar refractivity (Wildman–Crippen MR) is 109 cm³/mol. The van der Waals surface area contributed by atoms with E-state index >= 15 is 0 Å². The Labute approximate surface area is 169 Å². The Morgan fingerprint density at radius 2 is 1.66 bits per heavy atom. The molecule has 0 heterocycles. The number of carbonyl (C=O) groups excluding carboxylic acids is 1. The molecule has 5 heteroatoms. The van der Waals surface area contributed by atoms with Crippen LogP contribution in [0.2, 0.25) is 0 Å². The van der Waals surface area contributed by atoms with Crippen molar-refractivity contribution in [3.05, 3.63) is 95.6 Å². The fourth-order valence-corrected chi connectivity index (χ4v) is 2.55. The Hall–Kier alpha value is -4.04. The van der Waals surface area contributed by atoms with Crippen LogP contribution >= 0.6 is 0 Å². The molecule has 0 saturated heterocycles. The van der Waals surface area contributed by atoms with E-state index in [0.29, 0.717) is 17.1 Å². The molecule has 29 heavy (non-hydrogen) atoms. The maximum absolute atomic E-state index is 12.3. The molecule has 0 radical (unpaired) electrons. The Morgan fingerprint density at radius 3 is 2.34 bits per heavy atom. The smallest absolute Gasteiger partial charge is 0.349 e. The molecule has 0 amide bonds. The largest absolute Gasteiger partial charge is 0.497 e. The van der Waals surface area contributed by atoms with Crippen LogP contribution in [0.3, 0.4) is 0 Å². The van der Waals surface area contributed by atoms with Crippen molar-refractivity contribution in [3.63, 3.8) is 0 Å². The van der Waals surface area contributed by atoms with Crippen molar-refractivity contribution in [3.8, 4) is 23.3 Å². The fourth-order valence-electron chi connectivity index (χ4n) is 2.55. The van der Waals surface area contributed by atoms with Crippen molar-refractivity contribution in [2.24, 2.45) is 0 Å². The van der Waals surface area contributed by atoms with Crippen LogP contribution in [0.15, 0.2) is 84.4 Å². The van der Waals surface area contributed by atoms with Crippen LogP contribution in [0, 0.1) is 11.3 Å². The average molecular weight is 385 g/mol. The standard InChI is InChI=1S/C24H19NO4/c1-27-21-12-10-18(11-13-21)14-20(16-25)24(26)28-17-19-6-5-9-23(15-19)29-22-7-3-2-4-8-22/h2-15H,17H2,1H3. The van der Waals surface area contributed by atoms with Gasteiger partial charge in [0.15, 0.2) is 0 Å². The molecule has 0 aromatic heterocycles. The highest BCUT2D eigenvalue weighted by molar-refractivity contribution is 5.97. The zero-order chi connectivity index (χ0) is 20.5. The Balaban J connectivity index is 1.63. The molecule has 0 fully saturated rings. The highest BCUT2D eigenvalue weighted by Crippen LogP contribution is 2.22. The van der Waals surface area contributed by atoms with Crippen molar-refractivity contribution in [1.29, 1.82) is 5.26 Å². The minimum atomic E-state index is -0.683. The van der Waals surface area contributed by atoms with E-state index in [1.54, 1.807) is 37.4 Å². The van der Waals surface area contributed by atoms with E-state index in [4.69, 9.17) is 14.2 Å². The van der Waals surface area contributed by atoms with E-state index < -0.39 is 5.97 Å².